The molecule has 1 aliphatic rings. The van der Waals surface area contributed by atoms with Crippen LogP contribution in [0.5, 0.6) is 0 Å². The average Bonchev–Trinajstić information content (AvgIpc) is 3.13. The third kappa shape index (κ3) is 4.45. The zero-order valence-electron chi connectivity index (χ0n) is 16.9. The van der Waals surface area contributed by atoms with E-state index in [4.69, 9.17) is 4.74 Å². The van der Waals surface area contributed by atoms with Gasteiger partial charge in [0.15, 0.2) is 6.10 Å². The number of aromatic amines is 2. The molecule has 0 saturated heterocycles. The van der Waals surface area contributed by atoms with Crippen molar-refractivity contribution in [3.63, 3.8) is 0 Å². The molecule has 1 fully saturated rings. The molecule has 3 aromatic rings. The van der Waals surface area contributed by atoms with Crippen molar-refractivity contribution in [3.8, 4) is 0 Å². The first-order chi connectivity index (χ1) is 14.5. The van der Waals surface area contributed by atoms with Crippen LogP contribution in [-0.2, 0) is 9.53 Å². The summed E-state index contributed by atoms with van der Waals surface area (Å²) in [5.74, 6) is -0.404. The second-order valence-electron chi connectivity index (χ2n) is 7.83. The Morgan fingerprint density at radius 3 is 2.43 bits per heavy atom. The molecule has 0 radical (unpaired) electrons. The number of esters is 1. The van der Waals surface area contributed by atoms with E-state index in [-0.39, 0.29) is 5.69 Å². The van der Waals surface area contributed by atoms with Crippen molar-refractivity contribution >= 4 is 28.6 Å². The summed E-state index contributed by atoms with van der Waals surface area (Å²) in [7, 11) is 0. The second kappa shape index (κ2) is 8.57. The first-order valence-electron chi connectivity index (χ1n) is 10.3. The monoisotopic (exact) mass is 407 g/mol. The summed E-state index contributed by atoms with van der Waals surface area (Å²) in [6.45, 7) is 1.53. The summed E-state index contributed by atoms with van der Waals surface area (Å²) in [6, 6.07) is 12.5. The smallest absolute Gasteiger partial charge is 0.338 e. The molecule has 7 nitrogen and oxygen atoms in total. The Balaban J connectivity index is 1.35. The van der Waals surface area contributed by atoms with Crippen molar-refractivity contribution in [2.24, 2.45) is 0 Å². The molecule has 1 atom stereocenters. The van der Waals surface area contributed by atoms with Gasteiger partial charge in [-0.15, -0.1) is 0 Å². The predicted molar refractivity (Wildman–Crippen MR) is 115 cm³/mol. The number of H-pyrrole nitrogens is 2. The van der Waals surface area contributed by atoms with Gasteiger partial charge in [-0.05, 0) is 61.6 Å². The number of imidazole rings is 1. The van der Waals surface area contributed by atoms with Crippen LogP contribution in [0.2, 0.25) is 0 Å². The number of carbonyl (C=O) groups is 2. The maximum atomic E-state index is 12.4. The lowest BCUT2D eigenvalue weighted by Crippen LogP contribution is -2.30. The Kier molecular flexibility index (Phi) is 5.70. The second-order valence-corrected chi connectivity index (χ2v) is 7.83. The van der Waals surface area contributed by atoms with Crippen LogP contribution >= 0.6 is 0 Å². The fraction of sp³-hybridized carbons (Fsp3) is 0.348. The third-order valence-electron chi connectivity index (χ3n) is 5.66. The maximum Gasteiger partial charge on any atom is 0.338 e. The van der Waals surface area contributed by atoms with Gasteiger partial charge in [0, 0.05) is 5.69 Å². The van der Waals surface area contributed by atoms with E-state index in [2.05, 4.69) is 15.3 Å². The van der Waals surface area contributed by atoms with Gasteiger partial charge in [0.05, 0.1) is 16.6 Å². The van der Waals surface area contributed by atoms with E-state index in [9.17, 15) is 14.4 Å². The van der Waals surface area contributed by atoms with E-state index in [0.29, 0.717) is 28.2 Å². The van der Waals surface area contributed by atoms with Gasteiger partial charge in [-0.25, -0.2) is 9.59 Å². The van der Waals surface area contributed by atoms with E-state index >= 15 is 0 Å². The van der Waals surface area contributed by atoms with Crippen LogP contribution in [0.15, 0.2) is 47.3 Å². The minimum atomic E-state index is -0.962. The number of rotatable bonds is 5. The number of carbonyl (C=O) groups excluding carboxylic acids is 2. The number of hydrogen-bond acceptors (Lipinski definition) is 4. The molecule has 1 aliphatic carbocycles. The lowest BCUT2D eigenvalue weighted by Gasteiger charge is -2.22. The minimum absolute atomic E-state index is 0.315. The van der Waals surface area contributed by atoms with E-state index in [1.807, 2.05) is 12.1 Å². The molecule has 0 spiro atoms. The number of aromatic nitrogens is 2. The van der Waals surface area contributed by atoms with Crippen LogP contribution in [-0.4, -0.2) is 27.9 Å². The highest BCUT2D eigenvalue weighted by Crippen LogP contribution is 2.32. The number of hydrogen-bond donors (Lipinski definition) is 3. The summed E-state index contributed by atoms with van der Waals surface area (Å²) in [5, 5.41) is 2.70. The standard InChI is InChI=1S/C23H25N3O4/c1-14(21(27)24-18-11-12-19-20(13-18)26-23(29)25-19)30-22(28)17-9-7-16(8-10-17)15-5-3-2-4-6-15/h7-15H,2-6H2,1H3,(H,24,27)(H2,25,26,29)/t14-/m0/s1. The van der Waals surface area contributed by atoms with Gasteiger partial charge < -0.3 is 20.0 Å². The van der Waals surface area contributed by atoms with Crippen LogP contribution in [0.1, 0.15) is 60.9 Å². The van der Waals surface area contributed by atoms with Crippen LogP contribution in [0.3, 0.4) is 0 Å². The molecule has 156 valence electrons. The molecule has 4 rings (SSSR count). The predicted octanol–water partition coefficient (Wildman–Crippen LogP) is 4.09. The Hall–Kier alpha value is -3.35. The molecule has 0 unspecified atom stereocenters. The van der Waals surface area contributed by atoms with Crippen molar-refractivity contribution in [1.29, 1.82) is 0 Å². The van der Waals surface area contributed by atoms with E-state index < -0.39 is 18.0 Å². The number of benzene rings is 2. The minimum Gasteiger partial charge on any atom is -0.449 e. The van der Waals surface area contributed by atoms with Crippen molar-refractivity contribution in [2.75, 3.05) is 5.32 Å². The summed E-state index contributed by atoms with van der Waals surface area (Å²) < 4.78 is 5.33. The van der Waals surface area contributed by atoms with Crippen molar-refractivity contribution in [1.82, 2.24) is 9.97 Å². The largest absolute Gasteiger partial charge is 0.449 e. The van der Waals surface area contributed by atoms with Gasteiger partial charge in [-0.2, -0.15) is 0 Å². The van der Waals surface area contributed by atoms with E-state index in [0.717, 1.165) is 0 Å². The van der Waals surface area contributed by atoms with Crippen molar-refractivity contribution in [2.45, 2.75) is 51.0 Å². The van der Waals surface area contributed by atoms with E-state index in [1.165, 1.54) is 44.6 Å². The Morgan fingerprint density at radius 2 is 1.70 bits per heavy atom. The maximum absolute atomic E-state index is 12.4. The van der Waals surface area contributed by atoms with Gasteiger partial charge in [0.2, 0.25) is 0 Å². The lowest BCUT2D eigenvalue weighted by atomic mass is 9.84. The van der Waals surface area contributed by atoms with Crippen molar-refractivity contribution < 1.29 is 14.3 Å². The zero-order valence-corrected chi connectivity index (χ0v) is 16.9. The van der Waals surface area contributed by atoms with Gasteiger partial charge in [-0.1, -0.05) is 31.4 Å². The molecule has 7 heteroatoms. The number of anilines is 1. The van der Waals surface area contributed by atoms with Crippen LogP contribution in [0.4, 0.5) is 5.69 Å². The molecule has 1 aromatic heterocycles. The normalized spacial score (nSPS) is 15.6. The molecule has 3 N–H and O–H groups in total. The Labute approximate surface area is 173 Å². The molecule has 0 bridgehead atoms. The fourth-order valence-corrected chi connectivity index (χ4v) is 3.96. The molecule has 0 aliphatic heterocycles. The summed E-state index contributed by atoms with van der Waals surface area (Å²) in [6.07, 6.45) is 5.25. The highest BCUT2D eigenvalue weighted by molar-refractivity contribution is 5.98. The number of ether oxygens (including phenoxy) is 1. The number of amides is 1. The highest BCUT2D eigenvalue weighted by atomic mass is 16.5. The number of nitrogens with one attached hydrogen (secondary N) is 3. The lowest BCUT2D eigenvalue weighted by molar-refractivity contribution is -0.123. The van der Waals surface area contributed by atoms with Crippen LogP contribution < -0.4 is 11.0 Å². The molecule has 1 amide bonds. The van der Waals surface area contributed by atoms with Gasteiger partial charge in [0.25, 0.3) is 5.91 Å². The molecule has 1 heterocycles. The Morgan fingerprint density at radius 1 is 1.00 bits per heavy atom. The topological polar surface area (TPSA) is 104 Å². The third-order valence-corrected chi connectivity index (χ3v) is 5.66. The summed E-state index contributed by atoms with van der Waals surface area (Å²) >= 11 is 0. The van der Waals surface area contributed by atoms with Crippen LogP contribution in [0.25, 0.3) is 11.0 Å². The molecule has 1 saturated carbocycles. The van der Waals surface area contributed by atoms with Crippen molar-refractivity contribution in [3.05, 3.63) is 64.1 Å². The number of fused-ring (bicyclic) bond motifs is 1. The first-order valence-corrected chi connectivity index (χ1v) is 10.3. The summed E-state index contributed by atoms with van der Waals surface area (Å²) in [4.78, 5) is 41.5. The quantitative estimate of drug-likeness (QED) is 0.554. The van der Waals surface area contributed by atoms with Gasteiger partial charge in [0.1, 0.15) is 0 Å². The molecular weight excluding hydrogens is 382 g/mol. The SMILES string of the molecule is C[C@H](OC(=O)c1ccc(C2CCCCC2)cc1)C(=O)Nc1ccc2[nH]c(=O)[nH]c2c1. The molecule has 30 heavy (non-hydrogen) atoms. The van der Waals surface area contributed by atoms with Crippen LogP contribution in [0, 0.1) is 0 Å². The average molecular weight is 407 g/mol. The fourth-order valence-electron chi connectivity index (χ4n) is 3.96. The van der Waals surface area contributed by atoms with E-state index in [1.54, 1.807) is 30.3 Å². The molecule has 2 aromatic carbocycles. The van der Waals surface area contributed by atoms with Gasteiger partial charge in [-0.3, -0.25) is 4.79 Å². The van der Waals surface area contributed by atoms with Gasteiger partial charge >= 0.3 is 11.7 Å². The zero-order chi connectivity index (χ0) is 21.1. The summed E-state index contributed by atoms with van der Waals surface area (Å²) in [5.41, 5.74) is 3.11. The first kappa shape index (κ1) is 19.9. The Bertz CT molecular complexity index is 1110. The highest BCUT2D eigenvalue weighted by Gasteiger charge is 2.20. The molecular formula is C23H25N3O4.